The maximum atomic E-state index is 14.1. The quantitative estimate of drug-likeness (QED) is 0.911. The molecule has 21 heavy (non-hydrogen) atoms. The van der Waals surface area contributed by atoms with Crippen LogP contribution in [0.3, 0.4) is 0 Å². The molecule has 0 saturated carbocycles. The summed E-state index contributed by atoms with van der Waals surface area (Å²) in [6, 6.07) is 4.62. The van der Waals surface area contributed by atoms with E-state index in [0.717, 1.165) is 0 Å². The van der Waals surface area contributed by atoms with Crippen molar-refractivity contribution < 1.29 is 18.7 Å². The van der Waals surface area contributed by atoms with Crippen LogP contribution in [0.25, 0.3) is 0 Å². The fourth-order valence-electron chi connectivity index (χ4n) is 2.07. The highest BCUT2D eigenvalue weighted by Gasteiger charge is 2.18. The van der Waals surface area contributed by atoms with E-state index in [1.54, 1.807) is 32.9 Å². The monoisotopic (exact) mass is 296 g/mol. The van der Waals surface area contributed by atoms with E-state index < -0.39 is 11.7 Å². The van der Waals surface area contributed by atoms with E-state index in [-0.39, 0.29) is 5.82 Å². The second-order valence-electron chi connectivity index (χ2n) is 5.89. The molecule has 6 heteroatoms. The van der Waals surface area contributed by atoms with Crippen molar-refractivity contribution in [3.05, 3.63) is 24.0 Å². The van der Waals surface area contributed by atoms with Crippen LogP contribution >= 0.6 is 0 Å². The molecule has 0 aromatic heterocycles. The predicted octanol–water partition coefficient (Wildman–Crippen LogP) is 3.01. The summed E-state index contributed by atoms with van der Waals surface area (Å²) in [5.41, 5.74) is 0.308. The molecule has 1 heterocycles. The van der Waals surface area contributed by atoms with Gasteiger partial charge in [0.25, 0.3) is 0 Å². The molecule has 1 fully saturated rings. The summed E-state index contributed by atoms with van der Waals surface area (Å²) in [5.74, 6) is -0.370. The Balaban J connectivity index is 2.03. The molecule has 0 bridgehead atoms. The zero-order valence-electron chi connectivity index (χ0n) is 12.6. The van der Waals surface area contributed by atoms with Crippen molar-refractivity contribution in [3.8, 4) is 0 Å². The van der Waals surface area contributed by atoms with Gasteiger partial charge in [-0.2, -0.15) is 0 Å². The molecule has 1 saturated heterocycles. The molecule has 0 unspecified atom stereocenters. The Hall–Kier alpha value is -1.82. The molecule has 1 aromatic carbocycles. The Labute approximate surface area is 124 Å². The minimum atomic E-state index is -0.596. The van der Waals surface area contributed by atoms with Gasteiger partial charge in [-0.05, 0) is 39.0 Å². The fourth-order valence-corrected chi connectivity index (χ4v) is 2.07. The highest BCUT2D eigenvalue weighted by atomic mass is 19.1. The van der Waals surface area contributed by atoms with E-state index in [2.05, 4.69) is 5.32 Å². The molecule has 116 valence electrons. The molecule has 2 rings (SSSR count). The second kappa shape index (κ2) is 6.30. The molecule has 1 amide bonds. The van der Waals surface area contributed by atoms with Crippen molar-refractivity contribution in [2.45, 2.75) is 26.4 Å². The van der Waals surface area contributed by atoms with Crippen molar-refractivity contribution in [2.24, 2.45) is 0 Å². The molecule has 0 atom stereocenters. The normalized spacial score (nSPS) is 15.7. The lowest BCUT2D eigenvalue weighted by Gasteiger charge is -2.29. The fraction of sp³-hybridized carbons (Fsp3) is 0.533. The molecule has 1 aliphatic rings. The number of carbonyl (C=O) groups is 1. The lowest BCUT2D eigenvalue weighted by molar-refractivity contribution is 0.0636. The third-order valence-electron chi connectivity index (χ3n) is 2.94. The first-order chi connectivity index (χ1) is 9.85. The zero-order chi connectivity index (χ0) is 15.5. The number of ether oxygens (including phenoxy) is 2. The Morgan fingerprint density at radius 3 is 2.57 bits per heavy atom. The lowest BCUT2D eigenvalue weighted by Crippen LogP contribution is -2.36. The van der Waals surface area contributed by atoms with Crippen molar-refractivity contribution in [1.82, 2.24) is 0 Å². The lowest BCUT2D eigenvalue weighted by atomic mass is 10.2. The van der Waals surface area contributed by atoms with Gasteiger partial charge in [-0.25, -0.2) is 9.18 Å². The second-order valence-corrected chi connectivity index (χ2v) is 5.89. The minimum absolute atomic E-state index is 0.370. The summed E-state index contributed by atoms with van der Waals surface area (Å²) >= 11 is 0. The summed E-state index contributed by atoms with van der Waals surface area (Å²) in [5, 5.41) is 2.53. The van der Waals surface area contributed by atoms with Crippen LogP contribution in [0, 0.1) is 5.82 Å². The van der Waals surface area contributed by atoms with Crippen LogP contribution in [0.1, 0.15) is 20.8 Å². The van der Waals surface area contributed by atoms with Gasteiger partial charge in [0, 0.05) is 18.8 Å². The van der Waals surface area contributed by atoms with E-state index in [1.807, 2.05) is 4.90 Å². The van der Waals surface area contributed by atoms with Crippen LogP contribution in [-0.4, -0.2) is 38.0 Å². The standard InChI is InChI=1S/C15H21FN2O3/c1-15(2,3)21-14(19)17-11-4-5-13(12(16)10-11)18-6-8-20-9-7-18/h4-5,10H,6-9H2,1-3H3,(H,17,19). The molecule has 5 nitrogen and oxygen atoms in total. The molecule has 1 aromatic rings. The number of nitrogens with one attached hydrogen (secondary N) is 1. The molecule has 0 radical (unpaired) electrons. The van der Waals surface area contributed by atoms with Crippen molar-refractivity contribution >= 4 is 17.5 Å². The molecule has 0 aliphatic carbocycles. The van der Waals surface area contributed by atoms with Crippen molar-refractivity contribution in [1.29, 1.82) is 0 Å². The average Bonchev–Trinajstić information content (AvgIpc) is 2.37. The number of rotatable bonds is 2. The molecular weight excluding hydrogens is 275 g/mol. The number of carbonyl (C=O) groups excluding carboxylic acids is 1. The first-order valence-electron chi connectivity index (χ1n) is 6.97. The van der Waals surface area contributed by atoms with Crippen LogP contribution in [0.4, 0.5) is 20.6 Å². The first kappa shape index (κ1) is 15.6. The van der Waals surface area contributed by atoms with Gasteiger partial charge in [0.2, 0.25) is 0 Å². The van der Waals surface area contributed by atoms with Gasteiger partial charge in [-0.3, -0.25) is 5.32 Å². The number of hydrogen-bond acceptors (Lipinski definition) is 4. The van der Waals surface area contributed by atoms with Gasteiger partial charge in [0.15, 0.2) is 0 Å². The van der Waals surface area contributed by atoms with Crippen LogP contribution in [0.5, 0.6) is 0 Å². The number of hydrogen-bond donors (Lipinski definition) is 1. The largest absolute Gasteiger partial charge is 0.444 e. The van der Waals surface area contributed by atoms with Crippen LogP contribution in [0.15, 0.2) is 18.2 Å². The molecule has 1 aliphatic heterocycles. The van der Waals surface area contributed by atoms with Gasteiger partial charge >= 0.3 is 6.09 Å². The van der Waals surface area contributed by atoms with E-state index in [9.17, 15) is 9.18 Å². The SMILES string of the molecule is CC(C)(C)OC(=O)Nc1ccc(N2CCOCC2)c(F)c1. The number of amides is 1. The van der Waals surface area contributed by atoms with E-state index >= 15 is 0 Å². The van der Waals surface area contributed by atoms with Gasteiger partial charge < -0.3 is 14.4 Å². The van der Waals surface area contributed by atoms with Gasteiger partial charge in [-0.1, -0.05) is 0 Å². The molecular formula is C15H21FN2O3. The minimum Gasteiger partial charge on any atom is -0.444 e. The van der Waals surface area contributed by atoms with E-state index in [1.165, 1.54) is 6.07 Å². The zero-order valence-corrected chi connectivity index (χ0v) is 12.6. The van der Waals surface area contributed by atoms with Crippen LogP contribution in [0.2, 0.25) is 0 Å². The molecule has 1 N–H and O–H groups in total. The maximum Gasteiger partial charge on any atom is 0.412 e. The predicted molar refractivity (Wildman–Crippen MR) is 79.3 cm³/mol. The number of benzene rings is 1. The highest BCUT2D eigenvalue weighted by Crippen LogP contribution is 2.24. The number of morpholine rings is 1. The smallest absolute Gasteiger partial charge is 0.412 e. The average molecular weight is 296 g/mol. The Morgan fingerprint density at radius 2 is 2.00 bits per heavy atom. The van der Waals surface area contributed by atoms with Gasteiger partial charge in [0.05, 0.1) is 18.9 Å². The summed E-state index contributed by atoms with van der Waals surface area (Å²) in [7, 11) is 0. The Morgan fingerprint density at radius 1 is 1.33 bits per heavy atom. The van der Waals surface area contributed by atoms with Crippen molar-refractivity contribution in [2.75, 3.05) is 36.5 Å². The number of halogens is 1. The first-order valence-corrected chi connectivity index (χ1v) is 6.97. The highest BCUT2D eigenvalue weighted by molar-refractivity contribution is 5.85. The number of anilines is 2. The van der Waals surface area contributed by atoms with Crippen molar-refractivity contribution in [3.63, 3.8) is 0 Å². The van der Waals surface area contributed by atoms with Gasteiger partial charge in [-0.15, -0.1) is 0 Å². The summed E-state index contributed by atoms with van der Waals surface area (Å²) < 4.78 is 24.5. The summed E-state index contributed by atoms with van der Waals surface area (Å²) in [6.45, 7) is 7.83. The van der Waals surface area contributed by atoms with E-state index in [0.29, 0.717) is 37.7 Å². The Kier molecular flexibility index (Phi) is 4.67. The summed E-state index contributed by atoms with van der Waals surface area (Å²) in [6.07, 6.45) is -0.596. The maximum absolute atomic E-state index is 14.1. The molecule has 0 spiro atoms. The van der Waals surface area contributed by atoms with E-state index in [4.69, 9.17) is 9.47 Å². The Bertz CT molecular complexity index is 508. The summed E-state index contributed by atoms with van der Waals surface area (Å²) in [4.78, 5) is 13.6. The number of nitrogens with zero attached hydrogens (tertiary/aromatic N) is 1. The topological polar surface area (TPSA) is 50.8 Å². The van der Waals surface area contributed by atoms with Crippen LogP contribution < -0.4 is 10.2 Å². The van der Waals surface area contributed by atoms with Gasteiger partial charge in [0.1, 0.15) is 11.4 Å². The third-order valence-corrected chi connectivity index (χ3v) is 2.94. The van der Waals surface area contributed by atoms with Crippen LogP contribution in [-0.2, 0) is 9.47 Å². The third kappa shape index (κ3) is 4.60.